The fourth-order valence-corrected chi connectivity index (χ4v) is 1.73. The van der Waals surface area contributed by atoms with Crippen LogP contribution >= 0.6 is 0 Å². The van der Waals surface area contributed by atoms with Crippen molar-refractivity contribution in [2.45, 2.75) is 24.5 Å². The molecule has 0 spiro atoms. The molecule has 7 nitrogen and oxygen atoms in total. The van der Waals surface area contributed by atoms with Crippen LogP contribution in [0.5, 0.6) is 0 Å². The van der Waals surface area contributed by atoms with E-state index >= 15 is 0 Å². The lowest BCUT2D eigenvalue weighted by Crippen LogP contribution is -2.51. The Morgan fingerprint density at radius 1 is 1.63 bits per heavy atom. The summed E-state index contributed by atoms with van der Waals surface area (Å²) in [6, 6.07) is -1.69. The maximum atomic E-state index is 11.6. The molecule has 2 amide bonds. The standard InChI is InChI=1S/C12H18N2O5/c1-3-4-9(10(15)16)14-11(17)13-7-12(18-2)5-6-19-8-12/h1,9H,4-8H2,2H3,(H,15,16)(H2,13,14,17). The first-order chi connectivity index (χ1) is 9.03. The summed E-state index contributed by atoms with van der Waals surface area (Å²) in [6.45, 7) is 1.22. The van der Waals surface area contributed by atoms with Crippen LogP contribution in [-0.2, 0) is 14.3 Å². The predicted molar refractivity (Wildman–Crippen MR) is 66.6 cm³/mol. The highest BCUT2D eigenvalue weighted by atomic mass is 16.5. The molecule has 0 aromatic carbocycles. The molecule has 0 aliphatic carbocycles. The van der Waals surface area contributed by atoms with Crippen molar-refractivity contribution < 1.29 is 24.2 Å². The highest BCUT2D eigenvalue weighted by Crippen LogP contribution is 2.21. The van der Waals surface area contributed by atoms with Gasteiger partial charge >= 0.3 is 12.0 Å². The third kappa shape index (κ3) is 4.43. The Balaban J connectivity index is 2.42. The summed E-state index contributed by atoms with van der Waals surface area (Å²) in [5.41, 5.74) is -0.540. The Kier molecular flexibility index (Phi) is 5.60. The summed E-state index contributed by atoms with van der Waals surface area (Å²) in [5.74, 6) is 1.03. The van der Waals surface area contributed by atoms with Gasteiger partial charge in [-0.2, -0.15) is 0 Å². The van der Waals surface area contributed by atoms with Crippen LogP contribution in [0.3, 0.4) is 0 Å². The average Bonchev–Trinajstić information content (AvgIpc) is 2.85. The molecule has 1 rings (SSSR count). The number of terminal acetylenes is 1. The quantitative estimate of drug-likeness (QED) is 0.569. The van der Waals surface area contributed by atoms with Crippen LogP contribution in [0.2, 0.25) is 0 Å². The van der Waals surface area contributed by atoms with Crippen LogP contribution in [-0.4, -0.2) is 55.6 Å². The molecule has 2 unspecified atom stereocenters. The van der Waals surface area contributed by atoms with Gasteiger partial charge < -0.3 is 25.2 Å². The van der Waals surface area contributed by atoms with Crippen molar-refractivity contribution in [2.75, 3.05) is 26.9 Å². The van der Waals surface area contributed by atoms with E-state index in [9.17, 15) is 9.59 Å². The molecule has 0 saturated carbocycles. The number of hydrogen-bond donors (Lipinski definition) is 3. The van der Waals surface area contributed by atoms with Gasteiger partial charge in [-0.1, -0.05) is 0 Å². The average molecular weight is 270 g/mol. The lowest BCUT2D eigenvalue weighted by molar-refractivity contribution is -0.139. The van der Waals surface area contributed by atoms with Crippen molar-refractivity contribution in [2.24, 2.45) is 0 Å². The monoisotopic (exact) mass is 270 g/mol. The third-order valence-corrected chi connectivity index (χ3v) is 3.00. The van der Waals surface area contributed by atoms with Crippen molar-refractivity contribution in [1.82, 2.24) is 10.6 Å². The van der Waals surface area contributed by atoms with Gasteiger partial charge in [0, 0.05) is 26.6 Å². The molecule has 0 aromatic heterocycles. The smallest absolute Gasteiger partial charge is 0.327 e. The Bertz CT molecular complexity index is 371. The van der Waals surface area contributed by atoms with Crippen LogP contribution in [0.15, 0.2) is 0 Å². The molecule has 0 aromatic rings. The number of hydrogen-bond acceptors (Lipinski definition) is 4. The maximum Gasteiger partial charge on any atom is 0.327 e. The van der Waals surface area contributed by atoms with Gasteiger partial charge in [-0.05, 0) is 0 Å². The third-order valence-electron chi connectivity index (χ3n) is 3.00. The van der Waals surface area contributed by atoms with Gasteiger partial charge in [-0.25, -0.2) is 9.59 Å². The van der Waals surface area contributed by atoms with Gasteiger partial charge in [0.1, 0.15) is 11.6 Å². The Morgan fingerprint density at radius 2 is 2.37 bits per heavy atom. The summed E-state index contributed by atoms with van der Waals surface area (Å²) in [6.07, 6.45) is 5.65. The molecule has 3 N–H and O–H groups in total. The molecule has 1 aliphatic heterocycles. The van der Waals surface area contributed by atoms with E-state index in [0.717, 1.165) is 0 Å². The Morgan fingerprint density at radius 3 is 2.84 bits per heavy atom. The molecule has 19 heavy (non-hydrogen) atoms. The van der Waals surface area contributed by atoms with E-state index in [1.54, 1.807) is 7.11 Å². The van der Waals surface area contributed by atoms with Gasteiger partial charge in [-0.15, -0.1) is 12.3 Å². The zero-order valence-electron chi connectivity index (χ0n) is 10.8. The second-order valence-electron chi connectivity index (χ2n) is 4.32. The minimum Gasteiger partial charge on any atom is -0.480 e. The maximum absolute atomic E-state index is 11.6. The van der Waals surface area contributed by atoms with E-state index in [1.807, 2.05) is 0 Å². The molecule has 1 heterocycles. The molecule has 0 bridgehead atoms. The van der Waals surface area contributed by atoms with Crippen molar-refractivity contribution in [3.05, 3.63) is 0 Å². The van der Waals surface area contributed by atoms with Crippen molar-refractivity contribution in [3.8, 4) is 12.3 Å². The summed E-state index contributed by atoms with van der Waals surface area (Å²) in [4.78, 5) is 22.4. The van der Waals surface area contributed by atoms with E-state index in [-0.39, 0.29) is 13.0 Å². The second-order valence-corrected chi connectivity index (χ2v) is 4.32. The largest absolute Gasteiger partial charge is 0.480 e. The number of methoxy groups -OCH3 is 1. The number of carbonyl (C=O) groups is 2. The van der Waals surface area contributed by atoms with Crippen molar-refractivity contribution >= 4 is 12.0 Å². The number of ether oxygens (including phenoxy) is 2. The molecule has 2 atom stereocenters. The van der Waals surface area contributed by atoms with Gasteiger partial charge in [0.2, 0.25) is 0 Å². The molecule has 1 aliphatic rings. The minimum absolute atomic E-state index is 0.0682. The Labute approximate surface area is 111 Å². The van der Waals surface area contributed by atoms with E-state index in [4.69, 9.17) is 21.0 Å². The zero-order valence-corrected chi connectivity index (χ0v) is 10.8. The number of carboxylic acids is 1. The van der Waals surface area contributed by atoms with E-state index in [0.29, 0.717) is 19.6 Å². The van der Waals surface area contributed by atoms with Crippen LogP contribution in [0, 0.1) is 12.3 Å². The number of urea groups is 1. The topological polar surface area (TPSA) is 96.9 Å². The van der Waals surface area contributed by atoms with Gasteiger partial charge in [-0.3, -0.25) is 0 Å². The normalized spacial score (nSPS) is 23.4. The van der Waals surface area contributed by atoms with Gasteiger partial charge in [0.25, 0.3) is 0 Å². The molecular weight excluding hydrogens is 252 g/mol. The number of aliphatic carboxylic acids is 1. The number of carboxylic acid groups (broad SMARTS) is 1. The SMILES string of the molecule is C#CCC(NC(=O)NCC1(OC)CCOC1)C(=O)O. The van der Waals surface area contributed by atoms with Crippen LogP contribution in [0.4, 0.5) is 4.79 Å². The van der Waals surface area contributed by atoms with E-state index < -0.39 is 23.6 Å². The summed E-state index contributed by atoms with van der Waals surface area (Å²) < 4.78 is 10.6. The number of nitrogens with one attached hydrogen (secondary N) is 2. The lowest BCUT2D eigenvalue weighted by Gasteiger charge is -2.26. The Hall–Kier alpha value is -1.78. The predicted octanol–water partition coefficient (Wildman–Crippen LogP) is -0.432. The number of rotatable bonds is 6. The molecule has 1 saturated heterocycles. The highest BCUT2D eigenvalue weighted by molar-refractivity contribution is 5.82. The van der Waals surface area contributed by atoms with Gasteiger partial charge in [0.05, 0.1) is 13.2 Å². The van der Waals surface area contributed by atoms with Crippen molar-refractivity contribution in [1.29, 1.82) is 0 Å². The van der Waals surface area contributed by atoms with Crippen LogP contribution in [0.25, 0.3) is 0 Å². The van der Waals surface area contributed by atoms with Crippen LogP contribution in [0.1, 0.15) is 12.8 Å². The summed E-state index contributed by atoms with van der Waals surface area (Å²) in [7, 11) is 1.55. The second kappa shape index (κ2) is 6.97. The number of amides is 2. The number of carbonyl (C=O) groups excluding carboxylic acids is 1. The van der Waals surface area contributed by atoms with E-state index in [1.165, 1.54) is 0 Å². The molecule has 7 heteroatoms. The summed E-state index contributed by atoms with van der Waals surface area (Å²) >= 11 is 0. The molecule has 0 radical (unpaired) electrons. The van der Waals surface area contributed by atoms with Gasteiger partial charge in [0.15, 0.2) is 0 Å². The first-order valence-electron chi connectivity index (χ1n) is 5.86. The fraction of sp³-hybridized carbons (Fsp3) is 0.667. The van der Waals surface area contributed by atoms with Crippen LogP contribution < -0.4 is 10.6 Å². The first kappa shape index (κ1) is 15.3. The highest BCUT2D eigenvalue weighted by Gasteiger charge is 2.35. The molecular formula is C12H18N2O5. The van der Waals surface area contributed by atoms with Crippen molar-refractivity contribution in [3.63, 3.8) is 0 Å². The van der Waals surface area contributed by atoms with E-state index in [2.05, 4.69) is 16.6 Å². The minimum atomic E-state index is -1.17. The summed E-state index contributed by atoms with van der Waals surface area (Å²) in [5, 5.41) is 13.7. The molecule has 1 fully saturated rings. The lowest BCUT2D eigenvalue weighted by atomic mass is 10.0. The zero-order chi connectivity index (χ0) is 14.3. The fourth-order valence-electron chi connectivity index (χ4n) is 1.73. The first-order valence-corrected chi connectivity index (χ1v) is 5.86. The molecule has 106 valence electrons.